The summed E-state index contributed by atoms with van der Waals surface area (Å²) in [6.07, 6.45) is -1.55. The smallest absolute Gasteiger partial charge is 0.325 e. The van der Waals surface area contributed by atoms with Gasteiger partial charge in [-0.05, 0) is 26.2 Å². The van der Waals surface area contributed by atoms with Crippen LogP contribution in [-0.4, -0.2) is 75.3 Å². The quantitative estimate of drug-likeness (QED) is 0.174. The average Bonchev–Trinajstić information content (AvgIpc) is 2.66. The highest BCUT2D eigenvalue weighted by atomic mass is 16.4. The van der Waals surface area contributed by atoms with Crippen molar-refractivity contribution in [3.8, 4) is 0 Å². The summed E-state index contributed by atoms with van der Waals surface area (Å²) >= 11 is 0. The molecule has 0 heterocycles. The molecule has 0 aromatic carbocycles. The predicted octanol–water partition coefficient (Wildman–Crippen LogP) is -1.84. The highest BCUT2D eigenvalue weighted by Gasteiger charge is 2.32. The Balaban J connectivity index is 5.37. The molecule has 172 valence electrons. The summed E-state index contributed by atoms with van der Waals surface area (Å²) in [6.45, 7) is 6.03. The van der Waals surface area contributed by atoms with Gasteiger partial charge in [-0.3, -0.25) is 24.0 Å². The summed E-state index contributed by atoms with van der Waals surface area (Å²) in [7, 11) is 0. The molecule has 0 rings (SSSR count). The van der Waals surface area contributed by atoms with E-state index in [2.05, 4.69) is 16.0 Å². The van der Waals surface area contributed by atoms with E-state index in [0.717, 1.165) is 0 Å². The van der Waals surface area contributed by atoms with Crippen molar-refractivity contribution in [3.63, 3.8) is 0 Å². The molecule has 6 unspecified atom stereocenters. The standard InChI is InChI=1S/C18H32N4O8/c1-5-8(2)13(19)16(27)22-14(10(4)23)17(28)21-11(6-7-12(24)25)15(26)20-9(3)18(29)30/h8-11,13-14,23H,5-7,19H2,1-4H3,(H,20,26)(H,21,28)(H,22,27)(H,24,25)(H,29,30). The number of rotatable bonds is 13. The van der Waals surface area contributed by atoms with Crippen molar-refractivity contribution < 1.29 is 39.3 Å². The number of carbonyl (C=O) groups excluding carboxylic acids is 3. The monoisotopic (exact) mass is 432 g/mol. The number of hydrogen-bond acceptors (Lipinski definition) is 7. The maximum absolute atomic E-state index is 12.6. The minimum atomic E-state index is -1.45. The van der Waals surface area contributed by atoms with Gasteiger partial charge in [-0.25, -0.2) is 0 Å². The average molecular weight is 432 g/mol. The first-order valence-corrected chi connectivity index (χ1v) is 9.61. The van der Waals surface area contributed by atoms with Crippen LogP contribution in [-0.2, 0) is 24.0 Å². The molecule has 0 saturated carbocycles. The molecule has 0 fully saturated rings. The van der Waals surface area contributed by atoms with Crippen molar-refractivity contribution in [2.45, 2.75) is 77.2 Å². The molecule has 0 bridgehead atoms. The van der Waals surface area contributed by atoms with E-state index in [0.29, 0.717) is 6.42 Å². The van der Waals surface area contributed by atoms with Crippen molar-refractivity contribution in [2.75, 3.05) is 0 Å². The molecule has 0 aliphatic rings. The van der Waals surface area contributed by atoms with Gasteiger partial charge >= 0.3 is 11.9 Å². The minimum Gasteiger partial charge on any atom is -0.481 e. The van der Waals surface area contributed by atoms with E-state index < -0.39 is 66.4 Å². The van der Waals surface area contributed by atoms with Crippen molar-refractivity contribution in [3.05, 3.63) is 0 Å². The zero-order chi connectivity index (χ0) is 23.6. The van der Waals surface area contributed by atoms with Gasteiger partial charge in [-0.1, -0.05) is 20.3 Å². The maximum Gasteiger partial charge on any atom is 0.325 e. The van der Waals surface area contributed by atoms with Crippen molar-refractivity contribution in [1.82, 2.24) is 16.0 Å². The van der Waals surface area contributed by atoms with E-state index in [1.54, 1.807) is 6.92 Å². The second-order valence-corrected chi connectivity index (χ2v) is 7.20. The first-order chi connectivity index (χ1) is 13.8. The summed E-state index contributed by atoms with van der Waals surface area (Å²) in [6, 6.07) is -5.05. The van der Waals surface area contributed by atoms with E-state index in [9.17, 15) is 29.1 Å². The number of aliphatic hydroxyl groups is 1. The molecule has 0 aromatic rings. The molecule has 6 atom stereocenters. The van der Waals surface area contributed by atoms with Crippen LogP contribution >= 0.6 is 0 Å². The van der Waals surface area contributed by atoms with E-state index in [4.69, 9.17) is 15.9 Å². The normalized spacial score (nSPS) is 16.9. The van der Waals surface area contributed by atoms with E-state index in [-0.39, 0.29) is 12.3 Å². The van der Waals surface area contributed by atoms with Gasteiger partial charge in [0.25, 0.3) is 0 Å². The number of aliphatic carboxylic acids is 2. The van der Waals surface area contributed by atoms with Gasteiger partial charge in [0.1, 0.15) is 18.1 Å². The van der Waals surface area contributed by atoms with Gasteiger partial charge in [0, 0.05) is 6.42 Å². The molecule has 0 aromatic heterocycles. The van der Waals surface area contributed by atoms with Crippen molar-refractivity contribution in [1.29, 1.82) is 0 Å². The zero-order valence-electron chi connectivity index (χ0n) is 17.5. The summed E-state index contributed by atoms with van der Waals surface area (Å²) in [4.78, 5) is 58.9. The molecular formula is C18H32N4O8. The fourth-order valence-corrected chi connectivity index (χ4v) is 2.34. The third-order valence-corrected chi connectivity index (χ3v) is 4.63. The fraction of sp³-hybridized carbons (Fsp3) is 0.722. The van der Waals surface area contributed by atoms with Gasteiger partial charge < -0.3 is 37.0 Å². The minimum absolute atomic E-state index is 0.186. The van der Waals surface area contributed by atoms with Crippen LogP contribution in [0.4, 0.5) is 0 Å². The Morgan fingerprint density at radius 1 is 0.900 bits per heavy atom. The largest absolute Gasteiger partial charge is 0.481 e. The highest BCUT2D eigenvalue weighted by molar-refractivity contribution is 5.94. The topological polar surface area (TPSA) is 208 Å². The van der Waals surface area contributed by atoms with E-state index >= 15 is 0 Å². The van der Waals surface area contributed by atoms with Gasteiger partial charge in [0.2, 0.25) is 17.7 Å². The van der Waals surface area contributed by atoms with Gasteiger partial charge in [-0.2, -0.15) is 0 Å². The second-order valence-electron chi connectivity index (χ2n) is 7.20. The molecule has 0 radical (unpaired) electrons. The molecule has 30 heavy (non-hydrogen) atoms. The van der Waals surface area contributed by atoms with Crippen LogP contribution in [0.25, 0.3) is 0 Å². The number of hydrogen-bond donors (Lipinski definition) is 7. The summed E-state index contributed by atoms with van der Waals surface area (Å²) in [5, 5.41) is 34.4. The summed E-state index contributed by atoms with van der Waals surface area (Å²) in [5.74, 6) is -5.26. The molecule has 0 spiro atoms. The SMILES string of the molecule is CCC(C)C(N)C(=O)NC(C(=O)NC(CCC(=O)O)C(=O)NC(C)C(=O)O)C(C)O. The van der Waals surface area contributed by atoms with Gasteiger partial charge in [0.15, 0.2) is 0 Å². The number of amides is 3. The lowest BCUT2D eigenvalue weighted by atomic mass is 9.98. The Hall–Kier alpha value is -2.73. The second kappa shape index (κ2) is 12.8. The van der Waals surface area contributed by atoms with Crippen LogP contribution < -0.4 is 21.7 Å². The third kappa shape index (κ3) is 9.18. The Morgan fingerprint density at radius 3 is 1.90 bits per heavy atom. The van der Waals surface area contributed by atoms with Crippen LogP contribution in [0.1, 0.15) is 47.0 Å². The molecular weight excluding hydrogens is 400 g/mol. The van der Waals surface area contributed by atoms with E-state index in [1.807, 2.05) is 6.92 Å². The number of aliphatic hydroxyl groups excluding tert-OH is 1. The van der Waals surface area contributed by atoms with Crippen LogP contribution in [0.5, 0.6) is 0 Å². The lowest BCUT2D eigenvalue weighted by molar-refractivity contribution is -0.142. The van der Waals surface area contributed by atoms with Crippen LogP contribution in [0.2, 0.25) is 0 Å². The van der Waals surface area contributed by atoms with Crippen LogP contribution in [0.3, 0.4) is 0 Å². The molecule has 8 N–H and O–H groups in total. The number of nitrogens with one attached hydrogen (secondary N) is 3. The van der Waals surface area contributed by atoms with E-state index in [1.165, 1.54) is 13.8 Å². The molecule has 12 nitrogen and oxygen atoms in total. The van der Waals surface area contributed by atoms with Crippen molar-refractivity contribution in [2.24, 2.45) is 11.7 Å². The number of carbonyl (C=O) groups is 5. The predicted molar refractivity (Wildman–Crippen MR) is 105 cm³/mol. The third-order valence-electron chi connectivity index (χ3n) is 4.63. The lowest BCUT2D eigenvalue weighted by Gasteiger charge is -2.27. The number of carboxylic acid groups (broad SMARTS) is 2. The van der Waals surface area contributed by atoms with Crippen molar-refractivity contribution >= 4 is 29.7 Å². The Bertz CT molecular complexity index is 640. The highest BCUT2D eigenvalue weighted by Crippen LogP contribution is 2.07. The summed E-state index contributed by atoms with van der Waals surface area (Å²) in [5.41, 5.74) is 5.82. The zero-order valence-corrected chi connectivity index (χ0v) is 17.5. The van der Waals surface area contributed by atoms with Crippen LogP contribution in [0, 0.1) is 5.92 Å². The Morgan fingerprint density at radius 2 is 1.47 bits per heavy atom. The molecule has 0 aliphatic heterocycles. The number of carboxylic acids is 2. The molecule has 12 heteroatoms. The first-order valence-electron chi connectivity index (χ1n) is 9.61. The lowest BCUT2D eigenvalue weighted by Crippen LogP contribution is -2.60. The Labute approximate surface area is 174 Å². The molecule has 3 amide bonds. The maximum atomic E-state index is 12.6. The molecule has 0 saturated heterocycles. The van der Waals surface area contributed by atoms with Gasteiger partial charge in [-0.15, -0.1) is 0 Å². The Kier molecular flexibility index (Phi) is 11.6. The molecule has 0 aliphatic carbocycles. The van der Waals surface area contributed by atoms with Crippen LogP contribution in [0.15, 0.2) is 0 Å². The number of nitrogens with two attached hydrogens (primary N) is 1. The fourth-order valence-electron chi connectivity index (χ4n) is 2.34. The van der Waals surface area contributed by atoms with Gasteiger partial charge in [0.05, 0.1) is 12.1 Å². The summed E-state index contributed by atoms with van der Waals surface area (Å²) < 4.78 is 0. The first kappa shape index (κ1) is 27.3.